The number of halogens is 2. The number of aromatic nitrogens is 2. The number of benzene rings is 1. The van der Waals surface area contributed by atoms with E-state index < -0.39 is 11.7 Å². The van der Waals surface area contributed by atoms with E-state index in [4.69, 9.17) is 16.7 Å². The minimum atomic E-state index is -0.594. The quantitative estimate of drug-likeness (QED) is 0.305. The Hall–Kier alpha value is -2.57. The summed E-state index contributed by atoms with van der Waals surface area (Å²) in [7, 11) is 3.43. The molecule has 2 heterocycles. The Balaban J connectivity index is 0.00000260. The first-order valence-corrected chi connectivity index (χ1v) is 13.8. The Morgan fingerprint density at radius 3 is 2.56 bits per heavy atom. The zero-order valence-corrected chi connectivity index (χ0v) is 24.2. The molecule has 10 nitrogen and oxygen atoms in total. The van der Waals surface area contributed by atoms with E-state index >= 15 is 0 Å². The number of phenolic OH excluding ortho intramolecular Hbond substituents is 1. The molecule has 3 rings (SSSR count). The van der Waals surface area contributed by atoms with Crippen LogP contribution < -0.4 is 16.0 Å². The van der Waals surface area contributed by atoms with Gasteiger partial charge in [0.1, 0.15) is 5.69 Å². The SMILES string of the molecule is CCC(CN(C)c1ncc(C(=O)NCCO)nc1Cl)N(CC)C1CCN(Cc2ccc(F)c(O)c2)CC1.CN. The molecule has 1 aromatic carbocycles. The molecule has 1 unspecified atom stereocenters. The second kappa shape index (κ2) is 16.5. The minimum absolute atomic E-state index is 0.112. The number of hydrogen-bond acceptors (Lipinski definition) is 9. The molecule has 0 bridgehead atoms. The van der Waals surface area contributed by atoms with Crippen molar-refractivity contribution in [3.05, 3.63) is 46.6 Å². The molecule has 5 N–H and O–H groups in total. The number of aromatic hydroxyl groups is 1. The number of nitrogens with two attached hydrogens (primary N) is 1. The van der Waals surface area contributed by atoms with Crippen LogP contribution in [0.15, 0.2) is 24.4 Å². The van der Waals surface area contributed by atoms with E-state index in [1.54, 1.807) is 6.07 Å². The third kappa shape index (κ3) is 9.25. The van der Waals surface area contributed by atoms with Gasteiger partial charge in [-0.15, -0.1) is 0 Å². The van der Waals surface area contributed by atoms with E-state index in [0.29, 0.717) is 24.9 Å². The molecule has 1 atom stereocenters. The van der Waals surface area contributed by atoms with Gasteiger partial charge in [0.25, 0.3) is 5.91 Å². The third-order valence-electron chi connectivity index (χ3n) is 6.94. The van der Waals surface area contributed by atoms with Crippen molar-refractivity contribution in [1.82, 2.24) is 25.1 Å². The van der Waals surface area contributed by atoms with Gasteiger partial charge < -0.3 is 26.2 Å². The number of likely N-dealkylation sites (N-methyl/N-ethyl adjacent to an activating group) is 2. The number of aliphatic hydroxyl groups excluding tert-OH is 1. The first kappa shape index (κ1) is 32.6. The smallest absolute Gasteiger partial charge is 0.271 e. The van der Waals surface area contributed by atoms with Crippen molar-refractivity contribution in [2.24, 2.45) is 5.73 Å². The molecule has 39 heavy (non-hydrogen) atoms. The summed E-state index contributed by atoms with van der Waals surface area (Å²) in [5.74, 6) is -0.803. The van der Waals surface area contributed by atoms with Gasteiger partial charge in [0.2, 0.25) is 0 Å². The van der Waals surface area contributed by atoms with Crippen molar-refractivity contribution in [2.75, 3.05) is 58.3 Å². The maximum Gasteiger partial charge on any atom is 0.271 e. The predicted octanol–water partition coefficient (Wildman–Crippen LogP) is 2.47. The van der Waals surface area contributed by atoms with E-state index in [2.05, 4.69) is 44.7 Å². The average molecular weight is 568 g/mol. The van der Waals surface area contributed by atoms with Gasteiger partial charge >= 0.3 is 0 Å². The lowest BCUT2D eigenvalue weighted by Gasteiger charge is -2.43. The highest BCUT2D eigenvalue weighted by molar-refractivity contribution is 6.31. The normalized spacial score (nSPS) is 15.0. The first-order valence-electron chi connectivity index (χ1n) is 13.4. The Kier molecular flexibility index (Phi) is 13.8. The fraction of sp³-hybridized carbons (Fsp3) is 0.593. The summed E-state index contributed by atoms with van der Waals surface area (Å²) in [4.78, 5) is 27.6. The summed E-state index contributed by atoms with van der Waals surface area (Å²) in [5, 5.41) is 21.2. The Labute approximate surface area is 236 Å². The van der Waals surface area contributed by atoms with Crippen LogP contribution in [0.4, 0.5) is 10.2 Å². The zero-order valence-electron chi connectivity index (χ0n) is 23.4. The lowest BCUT2D eigenvalue weighted by Crippen LogP contribution is -2.51. The van der Waals surface area contributed by atoms with Gasteiger partial charge in [-0.1, -0.05) is 31.5 Å². The molecule has 1 aromatic heterocycles. The fourth-order valence-corrected chi connectivity index (χ4v) is 5.28. The number of piperidine rings is 1. The number of carbonyl (C=O) groups excluding carboxylic acids is 1. The van der Waals surface area contributed by atoms with Crippen molar-refractivity contribution >= 4 is 23.3 Å². The highest BCUT2D eigenvalue weighted by atomic mass is 35.5. The van der Waals surface area contributed by atoms with Gasteiger partial charge in [0.15, 0.2) is 22.5 Å². The first-order chi connectivity index (χ1) is 18.8. The number of phenols is 1. The number of nitrogens with zero attached hydrogens (tertiary/aromatic N) is 5. The second-order valence-electron chi connectivity index (χ2n) is 9.42. The number of likely N-dealkylation sites (tertiary alicyclic amines) is 1. The monoisotopic (exact) mass is 567 g/mol. The van der Waals surface area contributed by atoms with Crippen molar-refractivity contribution in [3.8, 4) is 5.75 Å². The molecule has 0 saturated carbocycles. The number of anilines is 1. The van der Waals surface area contributed by atoms with E-state index in [1.807, 2.05) is 11.9 Å². The number of nitrogens with one attached hydrogen (secondary N) is 1. The summed E-state index contributed by atoms with van der Waals surface area (Å²) in [6, 6.07) is 5.27. The molecule has 2 aromatic rings. The summed E-state index contributed by atoms with van der Waals surface area (Å²) >= 11 is 6.39. The Morgan fingerprint density at radius 1 is 1.31 bits per heavy atom. The average Bonchev–Trinajstić information content (AvgIpc) is 2.95. The van der Waals surface area contributed by atoms with Crippen LogP contribution in [-0.2, 0) is 6.54 Å². The number of hydrogen-bond donors (Lipinski definition) is 4. The van der Waals surface area contributed by atoms with Gasteiger partial charge in [0.05, 0.1) is 12.8 Å². The zero-order chi connectivity index (χ0) is 28.9. The molecule has 12 heteroatoms. The number of aliphatic hydroxyl groups is 1. The van der Waals surface area contributed by atoms with Crippen LogP contribution in [0.1, 0.15) is 49.2 Å². The summed E-state index contributed by atoms with van der Waals surface area (Å²) in [6.45, 7) is 8.54. The Bertz CT molecular complexity index is 1040. The number of amides is 1. The van der Waals surface area contributed by atoms with Crippen molar-refractivity contribution in [2.45, 2.75) is 51.7 Å². The molecule has 1 fully saturated rings. The summed E-state index contributed by atoms with van der Waals surface area (Å²) in [5.41, 5.74) is 5.52. The van der Waals surface area contributed by atoms with Gasteiger partial charge in [-0.05, 0) is 63.6 Å². The van der Waals surface area contributed by atoms with Gasteiger partial charge in [0, 0.05) is 38.8 Å². The van der Waals surface area contributed by atoms with E-state index in [9.17, 15) is 14.3 Å². The second-order valence-corrected chi connectivity index (χ2v) is 9.77. The van der Waals surface area contributed by atoms with E-state index in [0.717, 1.165) is 44.5 Å². The lowest BCUT2D eigenvalue weighted by molar-refractivity contribution is 0.0754. The van der Waals surface area contributed by atoms with E-state index in [-0.39, 0.29) is 35.8 Å². The predicted molar refractivity (Wildman–Crippen MR) is 153 cm³/mol. The highest BCUT2D eigenvalue weighted by Gasteiger charge is 2.29. The van der Waals surface area contributed by atoms with Crippen LogP contribution in [0.25, 0.3) is 0 Å². The maximum atomic E-state index is 13.4. The third-order valence-corrected chi connectivity index (χ3v) is 7.19. The molecule has 1 aliphatic rings. The fourth-order valence-electron chi connectivity index (χ4n) is 5.00. The van der Waals surface area contributed by atoms with Crippen molar-refractivity contribution in [1.29, 1.82) is 0 Å². The van der Waals surface area contributed by atoms with Crippen LogP contribution in [0.5, 0.6) is 5.75 Å². The molecular formula is C27H43ClFN7O3. The van der Waals surface area contributed by atoms with Crippen LogP contribution in [-0.4, -0.2) is 101 Å². The van der Waals surface area contributed by atoms with Gasteiger partial charge in [-0.25, -0.2) is 14.4 Å². The Morgan fingerprint density at radius 2 is 2.00 bits per heavy atom. The van der Waals surface area contributed by atoms with Crippen LogP contribution in [0.2, 0.25) is 5.15 Å². The lowest BCUT2D eigenvalue weighted by atomic mass is 9.99. The molecule has 218 valence electrons. The van der Waals surface area contributed by atoms with Gasteiger partial charge in [-0.2, -0.15) is 0 Å². The summed E-state index contributed by atoms with van der Waals surface area (Å²) < 4.78 is 13.4. The highest BCUT2D eigenvalue weighted by Crippen LogP contribution is 2.25. The summed E-state index contributed by atoms with van der Waals surface area (Å²) in [6.07, 6.45) is 4.42. The van der Waals surface area contributed by atoms with Crippen molar-refractivity contribution in [3.63, 3.8) is 0 Å². The molecule has 1 amide bonds. The molecular weight excluding hydrogens is 525 g/mol. The topological polar surface area (TPSA) is 131 Å². The van der Waals surface area contributed by atoms with Crippen LogP contribution in [0.3, 0.4) is 0 Å². The molecule has 1 aliphatic heterocycles. The molecule has 0 aliphatic carbocycles. The molecule has 0 radical (unpaired) electrons. The standard InChI is InChI=1S/C26H38ClFN6O3.CH5N/c1-4-19(17-32(3)25-24(27)31-22(15-30-25)26(37)29-10-13-35)34(5-2)20-8-11-33(12-9-20)16-18-6-7-21(28)23(36)14-18;1-2/h6-7,14-15,19-20,35-36H,4-5,8-13,16-17H2,1-3H3,(H,29,37);2H2,1H3. The molecule has 1 saturated heterocycles. The number of carbonyl (C=O) groups is 1. The van der Waals surface area contributed by atoms with Crippen LogP contribution in [0, 0.1) is 5.82 Å². The number of rotatable bonds is 12. The minimum Gasteiger partial charge on any atom is -0.505 e. The van der Waals surface area contributed by atoms with Gasteiger partial charge in [-0.3, -0.25) is 14.6 Å². The largest absolute Gasteiger partial charge is 0.505 e. The van der Waals surface area contributed by atoms with Crippen LogP contribution >= 0.6 is 11.6 Å². The van der Waals surface area contributed by atoms with E-state index in [1.165, 1.54) is 25.4 Å². The molecule has 0 spiro atoms. The maximum absolute atomic E-state index is 13.4. The van der Waals surface area contributed by atoms with Crippen molar-refractivity contribution < 1.29 is 19.4 Å².